The number of rotatable bonds is 4. The van der Waals surface area contributed by atoms with E-state index in [2.05, 4.69) is 50.1 Å². The number of nitrogens with one attached hydrogen (secondary N) is 2. The van der Waals surface area contributed by atoms with E-state index in [9.17, 15) is 14.4 Å². The van der Waals surface area contributed by atoms with Crippen molar-refractivity contribution in [2.24, 2.45) is 0 Å². The Balaban J connectivity index is 0.000000144. The number of benzene rings is 2. The van der Waals surface area contributed by atoms with Crippen molar-refractivity contribution in [1.82, 2.24) is 9.13 Å². The van der Waals surface area contributed by atoms with Gasteiger partial charge in [-0.05, 0) is 72.9 Å². The molecule has 4 aromatic heterocycles. The summed E-state index contributed by atoms with van der Waals surface area (Å²) < 4.78 is 16.9. The largest absolute Gasteiger partial charge is 0.465 e. The summed E-state index contributed by atoms with van der Waals surface area (Å²) in [6.45, 7) is 2.05. The summed E-state index contributed by atoms with van der Waals surface area (Å²) in [5.74, 6) is 0.450. The van der Waals surface area contributed by atoms with Crippen molar-refractivity contribution in [3.05, 3.63) is 81.5 Å². The number of hydrogen-bond acceptors (Lipinski definition) is 8. The van der Waals surface area contributed by atoms with Crippen molar-refractivity contribution in [3.8, 4) is 22.5 Å². The van der Waals surface area contributed by atoms with Crippen LogP contribution >= 0.6 is 22.7 Å². The molecule has 2 aliphatic heterocycles. The molecule has 4 aliphatic rings. The van der Waals surface area contributed by atoms with Gasteiger partial charge in [0.15, 0.2) is 0 Å². The molecule has 9 nitrogen and oxygen atoms in total. The first kappa shape index (κ1) is 35.8. The van der Waals surface area contributed by atoms with Gasteiger partial charge in [-0.15, -0.1) is 22.7 Å². The minimum Gasteiger partial charge on any atom is -0.465 e. The van der Waals surface area contributed by atoms with Crippen LogP contribution in [0.1, 0.15) is 107 Å². The highest BCUT2D eigenvalue weighted by molar-refractivity contribution is 7.21. The average molecular weight is 775 g/mol. The fourth-order valence-electron chi connectivity index (χ4n) is 9.49. The smallest absolute Gasteiger partial charge is 0.348 e. The van der Waals surface area contributed by atoms with Crippen LogP contribution < -0.4 is 10.6 Å². The predicted octanol–water partition coefficient (Wildman–Crippen LogP) is 10.8. The molecule has 10 rings (SSSR count). The summed E-state index contributed by atoms with van der Waals surface area (Å²) >= 11 is 3.11. The number of carbonyl (C=O) groups is 3. The Kier molecular flexibility index (Phi) is 9.76. The van der Waals surface area contributed by atoms with Gasteiger partial charge in [0.2, 0.25) is 5.91 Å². The SMILES string of the molecule is COC(=O)c1cc2c(s1)c(C1CCCCC1)c1n2CC(=O)Nc2ccccc2-1.COC(=O)c1cc2c(s1)c(C1CCCCC1)c1n2CCNc2ccccc2-1. The molecule has 1 amide bonds. The van der Waals surface area contributed by atoms with Gasteiger partial charge in [-0.3, -0.25) is 4.79 Å². The maximum atomic E-state index is 12.6. The molecule has 6 heterocycles. The number of ether oxygens (including phenoxy) is 2. The molecule has 284 valence electrons. The number of carbonyl (C=O) groups excluding carboxylic acids is 3. The molecule has 2 N–H and O–H groups in total. The molecule has 0 bridgehead atoms. The number of methoxy groups -OCH3 is 2. The molecule has 2 fully saturated rings. The lowest BCUT2D eigenvalue weighted by molar-refractivity contribution is -0.116. The maximum Gasteiger partial charge on any atom is 0.348 e. The van der Waals surface area contributed by atoms with Gasteiger partial charge in [-0.25, -0.2) is 9.59 Å². The van der Waals surface area contributed by atoms with Crippen molar-refractivity contribution in [1.29, 1.82) is 0 Å². The number of esters is 2. The highest BCUT2D eigenvalue weighted by Gasteiger charge is 2.33. The molecule has 0 spiro atoms. The molecule has 55 heavy (non-hydrogen) atoms. The Hall–Kier alpha value is -4.87. The van der Waals surface area contributed by atoms with E-state index in [1.807, 2.05) is 30.3 Å². The Labute approximate surface area is 328 Å². The van der Waals surface area contributed by atoms with Crippen molar-refractivity contribution in [3.63, 3.8) is 0 Å². The topological polar surface area (TPSA) is 104 Å². The first-order valence-electron chi connectivity index (χ1n) is 19.7. The second kappa shape index (κ2) is 15.0. The van der Waals surface area contributed by atoms with E-state index in [0.29, 0.717) is 21.6 Å². The molecule has 2 aromatic carbocycles. The van der Waals surface area contributed by atoms with Gasteiger partial charge in [0, 0.05) is 29.9 Å². The molecule has 0 saturated heterocycles. The fraction of sp³-hybridized carbons (Fsp3) is 0.386. The van der Waals surface area contributed by atoms with E-state index in [1.165, 1.54) is 115 Å². The van der Waals surface area contributed by atoms with Crippen LogP contribution in [0, 0.1) is 0 Å². The third kappa shape index (κ3) is 6.35. The van der Waals surface area contributed by atoms with Crippen molar-refractivity contribution >= 4 is 72.3 Å². The lowest BCUT2D eigenvalue weighted by Crippen LogP contribution is -2.16. The van der Waals surface area contributed by atoms with E-state index in [-0.39, 0.29) is 24.4 Å². The van der Waals surface area contributed by atoms with Crippen LogP contribution in [0.3, 0.4) is 0 Å². The normalized spacial score (nSPS) is 17.0. The Morgan fingerprint density at radius 1 is 0.673 bits per heavy atom. The number of amides is 1. The van der Waals surface area contributed by atoms with Gasteiger partial charge in [-0.2, -0.15) is 0 Å². The number of nitrogens with zero attached hydrogens (tertiary/aromatic N) is 2. The summed E-state index contributed by atoms with van der Waals surface area (Å²) in [7, 11) is 2.87. The van der Waals surface area contributed by atoms with Crippen LogP contribution in [-0.2, 0) is 27.4 Å². The minimum atomic E-state index is -0.316. The molecule has 11 heteroatoms. The van der Waals surface area contributed by atoms with Gasteiger partial charge in [0.1, 0.15) is 16.3 Å². The van der Waals surface area contributed by atoms with Gasteiger partial charge in [-0.1, -0.05) is 74.9 Å². The highest BCUT2D eigenvalue weighted by Crippen LogP contribution is 2.50. The van der Waals surface area contributed by atoms with Crippen molar-refractivity contribution < 1.29 is 23.9 Å². The van der Waals surface area contributed by atoms with Crippen molar-refractivity contribution in [2.45, 2.75) is 89.1 Å². The van der Waals surface area contributed by atoms with E-state index in [0.717, 1.165) is 53.1 Å². The second-order valence-electron chi connectivity index (χ2n) is 15.1. The predicted molar refractivity (Wildman–Crippen MR) is 222 cm³/mol. The van der Waals surface area contributed by atoms with Gasteiger partial charge in [0.25, 0.3) is 0 Å². The molecule has 0 radical (unpaired) electrons. The number of fused-ring (bicyclic) bond motifs is 10. The van der Waals surface area contributed by atoms with Crippen molar-refractivity contribution in [2.75, 3.05) is 31.4 Å². The molecule has 6 aromatic rings. The van der Waals surface area contributed by atoms with E-state index in [1.54, 1.807) is 11.3 Å². The first-order chi connectivity index (χ1) is 26.9. The van der Waals surface area contributed by atoms with Gasteiger partial charge in [0.05, 0.1) is 51.7 Å². The molecule has 0 atom stereocenters. The highest BCUT2D eigenvalue weighted by atomic mass is 32.1. The second-order valence-corrected chi connectivity index (χ2v) is 17.2. The summed E-state index contributed by atoms with van der Waals surface area (Å²) in [6, 6.07) is 20.6. The summed E-state index contributed by atoms with van der Waals surface area (Å²) in [4.78, 5) is 38.3. The minimum absolute atomic E-state index is 0.0379. The fourth-order valence-corrected chi connectivity index (χ4v) is 11.9. The van der Waals surface area contributed by atoms with E-state index >= 15 is 0 Å². The van der Waals surface area contributed by atoms with Crippen LogP contribution in [0.25, 0.3) is 42.9 Å². The maximum absolute atomic E-state index is 12.6. The Morgan fingerprint density at radius 3 is 1.73 bits per heavy atom. The molecule has 2 saturated carbocycles. The molecular formula is C44H46N4O5S2. The zero-order valence-electron chi connectivity index (χ0n) is 31.4. The lowest BCUT2D eigenvalue weighted by atomic mass is 9.83. The third-order valence-corrected chi connectivity index (χ3v) is 14.2. The number of hydrogen-bond donors (Lipinski definition) is 2. The summed E-state index contributed by atoms with van der Waals surface area (Å²) in [5, 5.41) is 6.63. The summed E-state index contributed by atoms with van der Waals surface area (Å²) in [5.41, 5.74) is 11.9. The number of anilines is 2. The number of thiophene rings is 2. The number of para-hydroxylation sites is 2. The third-order valence-electron chi connectivity index (χ3n) is 11.9. The van der Waals surface area contributed by atoms with Gasteiger partial charge >= 0.3 is 11.9 Å². The van der Waals surface area contributed by atoms with Crippen LogP contribution in [0.5, 0.6) is 0 Å². The average Bonchev–Trinajstić information content (AvgIpc) is 3.93. The Bertz CT molecular complexity index is 2440. The lowest BCUT2D eigenvalue weighted by Gasteiger charge is -2.23. The monoisotopic (exact) mass is 774 g/mol. The standard InChI is InChI=1S/C22H22N2O3S.C22H24N2O2S/c1-27-22(26)17-11-16-21(28-17)19(13-7-3-2-4-8-13)20-14-9-5-6-10-15(14)23-18(25)12-24(16)20;1-26-22(25)18-13-17-21(27-18)19(14-7-3-2-4-8-14)20-15-9-5-6-10-16(15)23-11-12-24(17)20/h5-6,9-11,13H,2-4,7-8,12H2,1H3,(H,23,25);5-6,9-10,13-14,23H,2-4,7-8,11-12H2,1H3. The van der Waals surface area contributed by atoms with Crippen LogP contribution in [0.15, 0.2) is 60.7 Å². The number of aromatic nitrogens is 2. The van der Waals surface area contributed by atoms with E-state index < -0.39 is 0 Å². The van der Waals surface area contributed by atoms with Gasteiger partial charge < -0.3 is 29.2 Å². The Morgan fingerprint density at radius 2 is 1.16 bits per heavy atom. The first-order valence-corrected chi connectivity index (χ1v) is 21.3. The molecule has 0 unspecified atom stereocenters. The molecule has 2 aliphatic carbocycles. The van der Waals surface area contributed by atoms with E-state index in [4.69, 9.17) is 9.47 Å². The van der Waals surface area contributed by atoms with Crippen LogP contribution in [0.4, 0.5) is 11.4 Å². The van der Waals surface area contributed by atoms with Crippen LogP contribution in [-0.4, -0.2) is 47.7 Å². The van der Waals surface area contributed by atoms with Crippen LogP contribution in [0.2, 0.25) is 0 Å². The zero-order valence-corrected chi connectivity index (χ0v) is 33.0. The zero-order chi connectivity index (χ0) is 37.6. The quantitative estimate of drug-likeness (QED) is 0.173. The summed E-state index contributed by atoms with van der Waals surface area (Å²) in [6.07, 6.45) is 12.5. The molecular weight excluding hydrogens is 729 g/mol.